The fourth-order valence-corrected chi connectivity index (χ4v) is 2.45. The van der Waals surface area contributed by atoms with Crippen molar-refractivity contribution < 1.29 is 8.42 Å². The van der Waals surface area contributed by atoms with Crippen LogP contribution in [0.3, 0.4) is 0 Å². The zero-order valence-corrected chi connectivity index (χ0v) is 12.4. The number of hydrogen-bond acceptors (Lipinski definition) is 3. The molecule has 1 atom stereocenters. The predicted molar refractivity (Wildman–Crippen MR) is 77.4 cm³/mol. The quantitative estimate of drug-likeness (QED) is 0.824. The summed E-state index contributed by atoms with van der Waals surface area (Å²) < 4.78 is 22.7. The molecule has 2 N–H and O–H groups in total. The lowest BCUT2D eigenvalue weighted by atomic mass is 10.1. The van der Waals surface area contributed by atoms with Gasteiger partial charge in [0.2, 0.25) is 0 Å². The first-order valence-corrected chi connectivity index (χ1v) is 7.99. The smallest absolute Gasteiger partial charge is 0.175 e. The fraction of sp³-hybridized carbons (Fsp3) is 0.417. The second-order valence-electron chi connectivity index (χ2n) is 4.07. The Morgan fingerprint density at radius 3 is 2.33 bits per heavy atom. The molecule has 18 heavy (non-hydrogen) atoms. The Labute approximate surface area is 114 Å². The number of thiocarbonyl (C=S) groups is 1. The highest BCUT2D eigenvalue weighted by Gasteiger charge is 2.09. The van der Waals surface area contributed by atoms with Crippen LogP contribution in [0.15, 0.2) is 29.2 Å². The van der Waals surface area contributed by atoms with E-state index < -0.39 is 9.84 Å². The van der Waals surface area contributed by atoms with E-state index in [1.54, 1.807) is 24.3 Å². The van der Waals surface area contributed by atoms with Gasteiger partial charge in [-0.3, -0.25) is 0 Å². The van der Waals surface area contributed by atoms with Gasteiger partial charge in [0, 0.05) is 12.8 Å². The van der Waals surface area contributed by atoms with Crippen molar-refractivity contribution in [1.29, 1.82) is 0 Å². The summed E-state index contributed by atoms with van der Waals surface area (Å²) in [6, 6.07) is 6.84. The number of sulfone groups is 1. The van der Waals surface area contributed by atoms with Crippen LogP contribution in [0.2, 0.25) is 0 Å². The number of rotatable bonds is 4. The molecule has 0 aromatic heterocycles. The van der Waals surface area contributed by atoms with Crippen LogP contribution in [0.1, 0.15) is 25.5 Å². The van der Waals surface area contributed by atoms with E-state index in [0.717, 1.165) is 12.1 Å². The first-order chi connectivity index (χ1) is 8.34. The third-order valence-electron chi connectivity index (χ3n) is 2.49. The zero-order chi connectivity index (χ0) is 13.8. The average molecular weight is 286 g/mol. The minimum Gasteiger partial charge on any atom is -0.363 e. The van der Waals surface area contributed by atoms with Gasteiger partial charge in [-0.2, -0.15) is 0 Å². The molecule has 0 aliphatic heterocycles. The third kappa shape index (κ3) is 4.27. The standard InChI is InChI=1S/C12H18N2O2S2/c1-4-13-12(17)14-9(2)10-5-7-11(8-6-10)18(3,15)16/h5-9H,4H2,1-3H3,(H2,13,14,17)/t9-/m0/s1. The minimum absolute atomic E-state index is 0.0326. The third-order valence-corrected chi connectivity index (χ3v) is 3.88. The SMILES string of the molecule is CCNC(=S)N[C@@H](C)c1ccc(S(C)(=O)=O)cc1. The van der Waals surface area contributed by atoms with E-state index in [2.05, 4.69) is 10.6 Å². The van der Waals surface area contributed by atoms with Gasteiger partial charge in [-0.05, 0) is 43.8 Å². The van der Waals surface area contributed by atoms with E-state index in [0.29, 0.717) is 10.0 Å². The molecular weight excluding hydrogens is 268 g/mol. The van der Waals surface area contributed by atoms with Crippen molar-refractivity contribution in [3.05, 3.63) is 29.8 Å². The Morgan fingerprint density at radius 2 is 1.89 bits per heavy atom. The zero-order valence-electron chi connectivity index (χ0n) is 10.7. The van der Waals surface area contributed by atoms with E-state index in [4.69, 9.17) is 12.2 Å². The summed E-state index contributed by atoms with van der Waals surface area (Å²) in [7, 11) is -3.14. The maximum Gasteiger partial charge on any atom is 0.175 e. The molecule has 0 radical (unpaired) electrons. The van der Waals surface area contributed by atoms with Crippen molar-refractivity contribution >= 4 is 27.2 Å². The highest BCUT2D eigenvalue weighted by molar-refractivity contribution is 7.90. The first kappa shape index (κ1) is 14.9. The Bertz CT molecular complexity index is 509. The summed E-state index contributed by atoms with van der Waals surface area (Å²) in [6.07, 6.45) is 1.20. The molecule has 0 bridgehead atoms. The van der Waals surface area contributed by atoms with Gasteiger partial charge in [0.25, 0.3) is 0 Å². The van der Waals surface area contributed by atoms with Crippen LogP contribution in [0.25, 0.3) is 0 Å². The highest BCUT2D eigenvalue weighted by atomic mass is 32.2. The van der Waals surface area contributed by atoms with Crippen LogP contribution in [0, 0.1) is 0 Å². The fourth-order valence-electron chi connectivity index (χ4n) is 1.50. The number of nitrogens with one attached hydrogen (secondary N) is 2. The van der Waals surface area contributed by atoms with Crippen molar-refractivity contribution in [2.45, 2.75) is 24.8 Å². The van der Waals surface area contributed by atoms with E-state index in [1.807, 2.05) is 13.8 Å². The second kappa shape index (κ2) is 6.15. The molecule has 0 aliphatic carbocycles. The van der Waals surface area contributed by atoms with Crippen LogP contribution < -0.4 is 10.6 Å². The molecule has 0 saturated carbocycles. The Morgan fingerprint density at radius 1 is 1.33 bits per heavy atom. The normalized spacial score (nSPS) is 12.8. The molecule has 0 heterocycles. The highest BCUT2D eigenvalue weighted by Crippen LogP contribution is 2.16. The molecular formula is C12H18N2O2S2. The first-order valence-electron chi connectivity index (χ1n) is 5.69. The van der Waals surface area contributed by atoms with E-state index in [-0.39, 0.29) is 6.04 Å². The summed E-state index contributed by atoms with van der Waals surface area (Å²) in [6.45, 7) is 4.71. The van der Waals surface area contributed by atoms with Gasteiger partial charge in [0.05, 0.1) is 10.9 Å². The number of hydrogen-bond donors (Lipinski definition) is 2. The molecule has 0 amide bonds. The molecule has 0 fully saturated rings. The molecule has 0 spiro atoms. The van der Waals surface area contributed by atoms with Gasteiger partial charge in [-0.1, -0.05) is 12.1 Å². The van der Waals surface area contributed by atoms with Crippen LogP contribution in [0.5, 0.6) is 0 Å². The van der Waals surface area contributed by atoms with Crippen LogP contribution in [-0.2, 0) is 9.84 Å². The van der Waals surface area contributed by atoms with Crippen LogP contribution >= 0.6 is 12.2 Å². The molecule has 4 nitrogen and oxygen atoms in total. The van der Waals surface area contributed by atoms with Crippen LogP contribution in [-0.4, -0.2) is 26.3 Å². The van der Waals surface area contributed by atoms with E-state index in [1.165, 1.54) is 6.26 Å². The lowest BCUT2D eigenvalue weighted by Gasteiger charge is -2.17. The summed E-state index contributed by atoms with van der Waals surface area (Å²) in [5.41, 5.74) is 0.989. The lowest BCUT2D eigenvalue weighted by Crippen LogP contribution is -2.36. The van der Waals surface area contributed by atoms with Crippen molar-refractivity contribution in [3.8, 4) is 0 Å². The molecule has 1 aromatic carbocycles. The molecule has 100 valence electrons. The molecule has 0 saturated heterocycles. The van der Waals surface area contributed by atoms with Gasteiger partial charge in [-0.25, -0.2) is 8.42 Å². The second-order valence-corrected chi connectivity index (χ2v) is 6.49. The monoisotopic (exact) mass is 286 g/mol. The summed E-state index contributed by atoms with van der Waals surface area (Å²) in [4.78, 5) is 0.327. The molecule has 1 rings (SSSR count). The molecule has 0 aliphatic rings. The maximum atomic E-state index is 11.3. The summed E-state index contributed by atoms with van der Waals surface area (Å²) in [5, 5.41) is 6.73. The van der Waals surface area contributed by atoms with Gasteiger partial charge >= 0.3 is 0 Å². The Hall–Kier alpha value is -1.14. The van der Waals surface area contributed by atoms with Crippen molar-refractivity contribution in [1.82, 2.24) is 10.6 Å². The van der Waals surface area contributed by atoms with Gasteiger partial charge < -0.3 is 10.6 Å². The van der Waals surface area contributed by atoms with Crippen molar-refractivity contribution in [2.75, 3.05) is 12.8 Å². The Balaban J connectivity index is 2.76. The van der Waals surface area contributed by atoms with Crippen LogP contribution in [0.4, 0.5) is 0 Å². The average Bonchev–Trinajstić information content (AvgIpc) is 2.28. The minimum atomic E-state index is -3.14. The van der Waals surface area contributed by atoms with Crippen molar-refractivity contribution in [3.63, 3.8) is 0 Å². The maximum absolute atomic E-state index is 11.3. The van der Waals surface area contributed by atoms with Gasteiger partial charge in [0.15, 0.2) is 14.9 Å². The topological polar surface area (TPSA) is 58.2 Å². The molecule has 6 heteroatoms. The van der Waals surface area contributed by atoms with E-state index in [9.17, 15) is 8.42 Å². The summed E-state index contributed by atoms with van der Waals surface area (Å²) >= 11 is 5.10. The molecule has 0 unspecified atom stereocenters. The Kier molecular flexibility index (Phi) is 5.10. The van der Waals surface area contributed by atoms with Crippen molar-refractivity contribution in [2.24, 2.45) is 0 Å². The number of benzene rings is 1. The lowest BCUT2D eigenvalue weighted by molar-refractivity contribution is 0.601. The summed E-state index contributed by atoms with van der Waals surface area (Å²) in [5.74, 6) is 0. The van der Waals surface area contributed by atoms with E-state index >= 15 is 0 Å². The largest absolute Gasteiger partial charge is 0.363 e. The van der Waals surface area contributed by atoms with Gasteiger partial charge in [-0.15, -0.1) is 0 Å². The molecule has 1 aromatic rings. The van der Waals surface area contributed by atoms with Gasteiger partial charge in [0.1, 0.15) is 0 Å². The predicted octanol–water partition coefficient (Wildman–Crippen LogP) is 1.64.